The van der Waals surface area contributed by atoms with Gasteiger partial charge in [-0.25, -0.2) is 4.79 Å². The molecule has 33 heavy (non-hydrogen) atoms. The van der Waals surface area contributed by atoms with Crippen LogP contribution in [0, 0.1) is 38.7 Å². The highest BCUT2D eigenvalue weighted by molar-refractivity contribution is 5.92. The summed E-state index contributed by atoms with van der Waals surface area (Å²) in [5, 5.41) is 24.0. The Labute approximate surface area is 194 Å². The number of non-ortho nitro benzene ring substituents is 1. The van der Waals surface area contributed by atoms with E-state index in [1.165, 1.54) is 29.8 Å². The number of benzene rings is 1. The second-order valence-electron chi connectivity index (χ2n) is 10.9. The summed E-state index contributed by atoms with van der Waals surface area (Å²) < 4.78 is 5.83. The van der Waals surface area contributed by atoms with E-state index in [2.05, 4.69) is 25.1 Å². The van der Waals surface area contributed by atoms with E-state index in [9.17, 15) is 20.1 Å². The molecular weight excluding hydrogens is 420 g/mol. The maximum atomic E-state index is 12.6. The summed E-state index contributed by atoms with van der Waals surface area (Å²) in [6.07, 6.45) is 10.2. The Morgan fingerprint density at radius 3 is 2.52 bits per heavy atom. The lowest BCUT2D eigenvalue weighted by molar-refractivity contribution is -0.384. The molecule has 1 N–H and O–H groups in total. The normalized spacial score (nSPS) is 38.6. The molecule has 0 aromatic heterocycles. The highest BCUT2D eigenvalue weighted by Gasteiger charge is 2.58. The monoisotopic (exact) mass is 452 g/mol. The Balaban J connectivity index is 1.29. The molecule has 176 valence electrons. The van der Waals surface area contributed by atoms with Crippen LogP contribution >= 0.6 is 0 Å². The van der Waals surface area contributed by atoms with Crippen LogP contribution in [0.5, 0.6) is 0 Å². The number of fused-ring (bicyclic) bond motifs is 5. The van der Waals surface area contributed by atoms with Gasteiger partial charge in [-0.3, -0.25) is 10.1 Å². The van der Waals surface area contributed by atoms with Crippen LogP contribution in [0.15, 0.2) is 41.1 Å². The molecule has 3 saturated carbocycles. The van der Waals surface area contributed by atoms with Crippen molar-refractivity contribution in [1.29, 1.82) is 0 Å². The van der Waals surface area contributed by atoms with Crippen molar-refractivity contribution >= 4 is 17.4 Å². The first-order chi connectivity index (χ1) is 15.8. The largest absolute Gasteiger partial charge is 0.458 e. The molecule has 7 nitrogen and oxygen atoms in total. The van der Waals surface area contributed by atoms with E-state index in [1.807, 2.05) is 0 Å². The first kappa shape index (κ1) is 22.1. The van der Waals surface area contributed by atoms with Gasteiger partial charge in [-0.15, -0.1) is 0 Å². The van der Waals surface area contributed by atoms with Crippen LogP contribution in [0.4, 0.5) is 5.69 Å². The van der Waals surface area contributed by atoms with Crippen molar-refractivity contribution in [3.63, 3.8) is 0 Å². The zero-order valence-corrected chi connectivity index (χ0v) is 19.3. The van der Waals surface area contributed by atoms with Crippen molar-refractivity contribution in [1.82, 2.24) is 0 Å². The van der Waals surface area contributed by atoms with Gasteiger partial charge in [0.15, 0.2) is 0 Å². The predicted molar refractivity (Wildman–Crippen MR) is 123 cm³/mol. The van der Waals surface area contributed by atoms with Crippen LogP contribution in [0.25, 0.3) is 0 Å². The zero-order chi connectivity index (χ0) is 23.4. The number of rotatable bonds is 3. The van der Waals surface area contributed by atoms with Gasteiger partial charge in [0, 0.05) is 24.0 Å². The van der Waals surface area contributed by atoms with Crippen LogP contribution in [0.2, 0.25) is 0 Å². The molecule has 6 atom stereocenters. The van der Waals surface area contributed by atoms with Crippen molar-refractivity contribution in [3.05, 3.63) is 51.6 Å². The molecule has 1 aromatic carbocycles. The molecule has 0 saturated heterocycles. The van der Waals surface area contributed by atoms with Crippen LogP contribution < -0.4 is 0 Å². The molecule has 3 unspecified atom stereocenters. The van der Waals surface area contributed by atoms with E-state index in [0.717, 1.165) is 57.1 Å². The second-order valence-corrected chi connectivity index (χ2v) is 10.9. The van der Waals surface area contributed by atoms with Gasteiger partial charge in [0.1, 0.15) is 6.10 Å². The first-order valence-electron chi connectivity index (χ1n) is 12.1. The van der Waals surface area contributed by atoms with Crippen molar-refractivity contribution in [2.75, 3.05) is 0 Å². The van der Waals surface area contributed by atoms with Gasteiger partial charge in [0.2, 0.25) is 0 Å². The number of nitrogens with zero attached hydrogens (tertiary/aromatic N) is 2. The highest BCUT2D eigenvalue weighted by atomic mass is 16.6. The molecule has 5 rings (SSSR count). The Bertz CT molecular complexity index is 1030. The third-order valence-electron chi connectivity index (χ3n) is 9.51. The van der Waals surface area contributed by atoms with Gasteiger partial charge >= 0.3 is 5.97 Å². The SMILES string of the molecule is C[C@]12CC[C@H](OC(=O)c3ccc([N+](=O)[O-])cc3)CC1=CCC1C2CC[C@]2(C)C(=NO)CCC12. The smallest absolute Gasteiger partial charge is 0.338 e. The van der Waals surface area contributed by atoms with E-state index in [1.54, 1.807) is 0 Å². The van der Waals surface area contributed by atoms with Gasteiger partial charge in [-0.05, 0) is 80.2 Å². The van der Waals surface area contributed by atoms with E-state index >= 15 is 0 Å². The molecule has 0 bridgehead atoms. The number of carbonyl (C=O) groups is 1. The van der Waals surface area contributed by atoms with Crippen molar-refractivity contribution in [2.45, 2.75) is 71.3 Å². The molecule has 0 aliphatic heterocycles. The minimum atomic E-state index is -0.475. The fourth-order valence-corrected chi connectivity index (χ4v) is 7.62. The molecule has 1 aromatic rings. The molecular formula is C26H32N2O5. The molecule has 0 spiro atoms. The van der Waals surface area contributed by atoms with Crippen molar-refractivity contribution in [3.8, 4) is 0 Å². The van der Waals surface area contributed by atoms with Crippen LogP contribution in [-0.4, -0.2) is 27.9 Å². The Morgan fingerprint density at radius 1 is 1.12 bits per heavy atom. The minimum Gasteiger partial charge on any atom is -0.458 e. The fraction of sp³-hybridized carbons (Fsp3) is 0.615. The number of nitro groups is 1. The van der Waals surface area contributed by atoms with E-state index in [-0.39, 0.29) is 22.6 Å². The van der Waals surface area contributed by atoms with Crippen molar-refractivity contribution < 1.29 is 19.7 Å². The highest BCUT2D eigenvalue weighted by Crippen LogP contribution is 2.64. The number of nitro benzene ring substituents is 1. The third kappa shape index (κ3) is 3.47. The van der Waals surface area contributed by atoms with Crippen molar-refractivity contribution in [2.24, 2.45) is 33.7 Å². The number of hydrogen-bond acceptors (Lipinski definition) is 6. The molecule has 0 amide bonds. The Kier molecular flexibility index (Phi) is 5.33. The van der Waals surface area contributed by atoms with E-state index in [0.29, 0.717) is 23.3 Å². The number of oxime groups is 1. The van der Waals surface area contributed by atoms with Gasteiger partial charge in [-0.2, -0.15) is 0 Å². The Hall–Kier alpha value is -2.70. The second kappa shape index (κ2) is 7.96. The number of carbonyl (C=O) groups excluding carboxylic acids is 1. The average Bonchev–Trinajstić information content (AvgIpc) is 3.15. The predicted octanol–water partition coefficient (Wildman–Crippen LogP) is 5.91. The summed E-state index contributed by atoms with van der Waals surface area (Å²) in [7, 11) is 0. The summed E-state index contributed by atoms with van der Waals surface area (Å²) in [6.45, 7) is 4.70. The van der Waals surface area contributed by atoms with Gasteiger partial charge in [-0.1, -0.05) is 30.7 Å². The van der Waals surface area contributed by atoms with E-state index in [4.69, 9.17) is 4.74 Å². The quantitative estimate of drug-likeness (QED) is 0.202. The van der Waals surface area contributed by atoms with Crippen LogP contribution in [0.1, 0.15) is 75.6 Å². The number of ether oxygens (including phenoxy) is 1. The van der Waals surface area contributed by atoms with Crippen LogP contribution in [0.3, 0.4) is 0 Å². The fourth-order valence-electron chi connectivity index (χ4n) is 7.62. The number of allylic oxidation sites excluding steroid dienone is 1. The molecule has 0 radical (unpaired) electrons. The lowest BCUT2D eigenvalue weighted by Crippen LogP contribution is -2.50. The van der Waals surface area contributed by atoms with Gasteiger partial charge in [0.25, 0.3) is 5.69 Å². The third-order valence-corrected chi connectivity index (χ3v) is 9.51. The summed E-state index contributed by atoms with van der Waals surface area (Å²) >= 11 is 0. The molecule has 7 heteroatoms. The lowest BCUT2D eigenvalue weighted by atomic mass is 9.48. The molecule has 4 aliphatic carbocycles. The molecule has 0 heterocycles. The Morgan fingerprint density at radius 2 is 1.82 bits per heavy atom. The summed E-state index contributed by atoms with van der Waals surface area (Å²) in [4.78, 5) is 23.0. The van der Waals surface area contributed by atoms with E-state index < -0.39 is 10.9 Å². The summed E-state index contributed by atoms with van der Waals surface area (Å²) in [6, 6.07) is 5.60. The molecule has 3 fully saturated rings. The number of esters is 1. The van der Waals surface area contributed by atoms with Gasteiger partial charge in [0.05, 0.1) is 16.2 Å². The standard InChI is InChI=1S/C26H32N2O5/c1-25-13-11-19(33-24(29)16-3-6-18(7-4-16)28(31)32)15-17(25)5-8-20-21-9-10-23(27-30)26(21,2)14-12-22(20)25/h3-7,19-22,30H,8-15H2,1-2H3/t19-,20?,21?,22?,25-,26-/m0/s1. The average molecular weight is 453 g/mol. The minimum absolute atomic E-state index is 0.0368. The molecule has 4 aliphatic rings. The maximum Gasteiger partial charge on any atom is 0.338 e. The van der Waals surface area contributed by atoms with Gasteiger partial charge < -0.3 is 9.94 Å². The topological polar surface area (TPSA) is 102 Å². The summed E-state index contributed by atoms with van der Waals surface area (Å²) in [5.41, 5.74) is 2.90. The lowest BCUT2D eigenvalue weighted by Gasteiger charge is -2.57. The first-order valence-corrected chi connectivity index (χ1v) is 12.1. The maximum absolute atomic E-state index is 12.6. The summed E-state index contributed by atoms with van der Waals surface area (Å²) in [5.74, 6) is 1.41. The number of hydrogen-bond donors (Lipinski definition) is 1. The van der Waals surface area contributed by atoms with Crippen LogP contribution in [-0.2, 0) is 4.74 Å². The zero-order valence-electron chi connectivity index (χ0n) is 19.3.